The van der Waals surface area contributed by atoms with Crippen molar-refractivity contribution in [2.24, 2.45) is 7.05 Å². The standard InChI is InChI=1S/C17H22N4O2/c1-6-9-10-12-20-13(8-3)18(4)14-15(20)19(5)17(23)21(11-7-2)16(14)22/h2-3,13H,6,9-12H2,1,4-5H3. The SMILES string of the molecule is C#CCn1c(=O)c2c(n(C)c1=O)N(CCCCC)C(C#C)N2C. The average Bonchev–Trinajstić information content (AvgIpc) is 2.82. The van der Waals surface area contributed by atoms with E-state index in [1.807, 2.05) is 4.90 Å². The summed E-state index contributed by atoms with van der Waals surface area (Å²) in [6, 6.07) is 0. The maximum Gasteiger partial charge on any atom is 0.333 e. The van der Waals surface area contributed by atoms with Crippen LogP contribution in [0.15, 0.2) is 9.59 Å². The topological polar surface area (TPSA) is 50.5 Å². The number of terminal acetylenes is 2. The fourth-order valence-corrected chi connectivity index (χ4v) is 3.02. The average molecular weight is 314 g/mol. The summed E-state index contributed by atoms with van der Waals surface area (Å²) in [5.41, 5.74) is -0.373. The van der Waals surface area contributed by atoms with Crippen molar-refractivity contribution in [1.82, 2.24) is 9.13 Å². The molecular weight excluding hydrogens is 292 g/mol. The van der Waals surface area contributed by atoms with Crippen molar-refractivity contribution in [3.05, 3.63) is 20.8 Å². The Morgan fingerprint density at radius 2 is 1.87 bits per heavy atom. The fourth-order valence-electron chi connectivity index (χ4n) is 3.02. The number of unbranched alkanes of at least 4 members (excludes halogenated alkanes) is 2. The molecule has 0 aliphatic carbocycles. The molecule has 1 unspecified atom stereocenters. The Morgan fingerprint density at radius 1 is 1.17 bits per heavy atom. The third-order valence-electron chi connectivity index (χ3n) is 4.18. The van der Waals surface area contributed by atoms with E-state index in [2.05, 4.69) is 18.8 Å². The predicted octanol–water partition coefficient (Wildman–Crippen LogP) is 0.586. The van der Waals surface area contributed by atoms with Crippen LogP contribution in [0.1, 0.15) is 26.2 Å². The van der Waals surface area contributed by atoms with Crippen LogP contribution in [0.25, 0.3) is 0 Å². The van der Waals surface area contributed by atoms with Crippen LogP contribution in [-0.2, 0) is 13.6 Å². The van der Waals surface area contributed by atoms with E-state index in [-0.39, 0.29) is 18.3 Å². The molecule has 1 aromatic rings. The Balaban J connectivity index is 2.63. The van der Waals surface area contributed by atoms with Gasteiger partial charge in [0.25, 0.3) is 5.56 Å². The second-order valence-electron chi connectivity index (χ2n) is 5.66. The van der Waals surface area contributed by atoms with Crippen molar-refractivity contribution in [2.45, 2.75) is 38.9 Å². The molecular formula is C17H22N4O2. The normalized spacial score (nSPS) is 16.1. The second kappa shape index (κ2) is 6.66. The summed E-state index contributed by atoms with van der Waals surface area (Å²) in [6.45, 7) is 2.77. The Labute approximate surface area is 136 Å². The van der Waals surface area contributed by atoms with Gasteiger partial charge in [0.15, 0.2) is 6.17 Å². The summed E-state index contributed by atoms with van der Waals surface area (Å²) >= 11 is 0. The molecule has 6 heteroatoms. The highest BCUT2D eigenvalue weighted by molar-refractivity contribution is 5.74. The molecule has 0 saturated heterocycles. The minimum absolute atomic E-state index is 0.0524. The Hall–Kier alpha value is -2.60. The van der Waals surface area contributed by atoms with E-state index in [0.29, 0.717) is 18.1 Å². The zero-order chi connectivity index (χ0) is 17.1. The van der Waals surface area contributed by atoms with E-state index in [9.17, 15) is 9.59 Å². The van der Waals surface area contributed by atoms with Crippen LogP contribution < -0.4 is 21.0 Å². The number of anilines is 2. The monoisotopic (exact) mass is 314 g/mol. The van der Waals surface area contributed by atoms with Gasteiger partial charge in [0.05, 0.1) is 6.54 Å². The molecule has 2 rings (SSSR count). The van der Waals surface area contributed by atoms with Crippen LogP contribution in [0.5, 0.6) is 0 Å². The number of aromatic nitrogens is 2. The minimum Gasteiger partial charge on any atom is -0.337 e. The fraction of sp³-hybridized carbons (Fsp3) is 0.529. The van der Waals surface area contributed by atoms with E-state index in [0.717, 1.165) is 23.8 Å². The lowest BCUT2D eigenvalue weighted by atomic mass is 10.2. The third kappa shape index (κ3) is 2.61. The first-order chi connectivity index (χ1) is 11.0. The Kier molecular flexibility index (Phi) is 4.86. The number of hydrogen-bond donors (Lipinski definition) is 0. The smallest absolute Gasteiger partial charge is 0.333 e. The zero-order valence-electron chi connectivity index (χ0n) is 13.9. The van der Waals surface area contributed by atoms with Gasteiger partial charge in [-0.25, -0.2) is 9.36 Å². The molecule has 6 nitrogen and oxygen atoms in total. The van der Waals surface area contributed by atoms with Crippen LogP contribution >= 0.6 is 0 Å². The molecule has 0 saturated carbocycles. The van der Waals surface area contributed by atoms with Crippen molar-refractivity contribution in [3.8, 4) is 24.7 Å². The number of hydrogen-bond acceptors (Lipinski definition) is 4. The zero-order valence-corrected chi connectivity index (χ0v) is 13.9. The van der Waals surface area contributed by atoms with Crippen LogP contribution in [0.2, 0.25) is 0 Å². The van der Waals surface area contributed by atoms with Crippen LogP contribution in [0, 0.1) is 24.7 Å². The van der Waals surface area contributed by atoms with Crippen LogP contribution in [0.4, 0.5) is 11.5 Å². The lowest BCUT2D eigenvalue weighted by Crippen LogP contribution is -2.41. The lowest BCUT2D eigenvalue weighted by Gasteiger charge is -2.26. The lowest BCUT2D eigenvalue weighted by molar-refractivity contribution is 0.625. The summed E-state index contributed by atoms with van der Waals surface area (Å²) in [6.07, 6.45) is 13.7. The van der Waals surface area contributed by atoms with Crippen molar-refractivity contribution in [1.29, 1.82) is 0 Å². The Morgan fingerprint density at radius 3 is 2.43 bits per heavy atom. The summed E-state index contributed by atoms with van der Waals surface area (Å²) in [7, 11) is 3.42. The molecule has 23 heavy (non-hydrogen) atoms. The molecule has 0 bridgehead atoms. The molecule has 1 aliphatic rings. The van der Waals surface area contributed by atoms with Crippen molar-refractivity contribution in [2.75, 3.05) is 23.4 Å². The molecule has 1 aliphatic heterocycles. The molecule has 0 aromatic carbocycles. The van der Waals surface area contributed by atoms with E-state index in [4.69, 9.17) is 12.8 Å². The molecule has 1 atom stereocenters. The maximum absolute atomic E-state index is 12.7. The van der Waals surface area contributed by atoms with Gasteiger partial charge in [0, 0.05) is 20.6 Å². The quantitative estimate of drug-likeness (QED) is 0.589. The maximum atomic E-state index is 12.7. The molecule has 0 amide bonds. The van der Waals surface area contributed by atoms with Gasteiger partial charge in [0.2, 0.25) is 0 Å². The van der Waals surface area contributed by atoms with Gasteiger partial charge in [-0.05, 0) is 6.42 Å². The van der Waals surface area contributed by atoms with Crippen molar-refractivity contribution in [3.63, 3.8) is 0 Å². The highest BCUT2D eigenvalue weighted by Crippen LogP contribution is 2.34. The molecule has 0 N–H and O–H groups in total. The Bertz CT molecular complexity index is 791. The van der Waals surface area contributed by atoms with Crippen LogP contribution in [0.3, 0.4) is 0 Å². The van der Waals surface area contributed by atoms with Crippen molar-refractivity contribution < 1.29 is 0 Å². The number of nitrogens with zero attached hydrogens (tertiary/aromatic N) is 4. The van der Waals surface area contributed by atoms with E-state index < -0.39 is 5.69 Å². The summed E-state index contributed by atoms with van der Waals surface area (Å²) in [5.74, 6) is 5.64. The van der Waals surface area contributed by atoms with E-state index >= 15 is 0 Å². The van der Waals surface area contributed by atoms with Gasteiger partial charge in [-0.1, -0.05) is 31.6 Å². The van der Waals surface area contributed by atoms with E-state index in [1.165, 1.54) is 4.57 Å². The second-order valence-corrected chi connectivity index (χ2v) is 5.66. The first kappa shape index (κ1) is 16.8. The summed E-state index contributed by atoms with van der Waals surface area (Å²) in [5, 5.41) is 0. The van der Waals surface area contributed by atoms with Gasteiger partial charge in [-0.15, -0.1) is 12.8 Å². The van der Waals surface area contributed by atoms with Gasteiger partial charge in [-0.3, -0.25) is 9.36 Å². The van der Waals surface area contributed by atoms with Crippen molar-refractivity contribution >= 4 is 11.5 Å². The first-order valence-corrected chi connectivity index (χ1v) is 7.72. The molecule has 0 radical (unpaired) electrons. The molecule has 1 aromatic heterocycles. The first-order valence-electron chi connectivity index (χ1n) is 7.72. The molecule has 0 fully saturated rings. The molecule has 2 heterocycles. The number of fused-ring (bicyclic) bond motifs is 1. The largest absolute Gasteiger partial charge is 0.337 e. The predicted molar refractivity (Wildman–Crippen MR) is 92.7 cm³/mol. The van der Waals surface area contributed by atoms with Gasteiger partial charge in [-0.2, -0.15) is 0 Å². The minimum atomic E-state index is -0.418. The van der Waals surface area contributed by atoms with Gasteiger partial charge >= 0.3 is 5.69 Å². The summed E-state index contributed by atoms with van der Waals surface area (Å²) in [4.78, 5) is 28.8. The molecule has 122 valence electrons. The third-order valence-corrected chi connectivity index (χ3v) is 4.18. The van der Waals surface area contributed by atoms with Gasteiger partial charge < -0.3 is 9.80 Å². The molecule has 0 spiro atoms. The van der Waals surface area contributed by atoms with E-state index in [1.54, 1.807) is 19.0 Å². The summed E-state index contributed by atoms with van der Waals surface area (Å²) < 4.78 is 2.53. The number of rotatable bonds is 5. The highest BCUT2D eigenvalue weighted by atomic mass is 16.2. The van der Waals surface area contributed by atoms with Gasteiger partial charge in [0.1, 0.15) is 11.5 Å². The highest BCUT2D eigenvalue weighted by Gasteiger charge is 2.37. The van der Waals surface area contributed by atoms with Crippen LogP contribution in [-0.4, -0.2) is 28.9 Å².